The fraction of sp³-hybridized carbons (Fsp3) is 0.222. The van der Waals surface area contributed by atoms with Crippen molar-refractivity contribution < 1.29 is 4.79 Å². The van der Waals surface area contributed by atoms with Crippen molar-refractivity contribution in [3.8, 4) is 0 Å². The van der Waals surface area contributed by atoms with Crippen LogP contribution >= 0.6 is 11.6 Å². The normalized spacial score (nSPS) is 12.2. The molecule has 0 saturated carbocycles. The van der Waals surface area contributed by atoms with E-state index in [0.717, 1.165) is 11.2 Å². The van der Waals surface area contributed by atoms with Crippen LogP contribution < -0.4 is 5.32 Å². The smallest absolute Gasteiger partial charge is 0.221 e. The molecule has 10 heteroatoms. The van der Waals surface area contributed by atoms with Gasteiger partial charge in [-0.25, -0.2) is 4.68 Å². The van der Waals surface area contributed by atoms with Crippen molar-refractivity contribution in [2.45, 2.75) is 25.4 Å². The Morgan fingerprint density at radius 3 is 2.79 bits per heavy atom. The quantitative estimate of drug-likeness (QED) is 0.511. The Balaban J connectivity index is 1.44. The second-order valence-electron chi connectivity index (χ2n) is 6.31. The van der Waals surface area contributed by atoms with Gasteiger partial charge in [-0.3, -0.25) is 9.20 Å². The summed E-state index contributed by atoms with van der Waals surface area (Å²) in [6, 6.07) is 13.1. The van der Waals surface area contributed by atoms with Crippen LogP contribution in [0.2, 0.25) is 5.02 Å². The lowest BCUT2D eigenvalue weighted by Crippen LogP contribution is -2.27. The highest BCUT2D eigenvalue weighted by molar-refractivity contribution is 6.30. The highest BCUT2D eigenvalue weighted by atomic mass is 35.5. The van der Waals surface area contributed by atoms with E-state index in [1.54, 1.807) is 4.68 Å². The van der Waals surface area contributed by atoms with Gasteiger partial charge in [-0.05, 0) is 40.3 Å². The molecule has 0 fully saturated rings. The molecule has 0 aliphatic rings. The molecule has 0 bridgehead atoms. The maximum absolute atomic E-state index is 12.6. The van der Waals surface area contributed by atoms with Gasteiger partial charge in [0.1, 0.15) is 6.33 Å². The van der Waals surface area contributed by atoms with E-state index in [-0.39, 0.29) is 18.2 Å². The van der Waals surface area contributed by atoms with E-state index in [1.165, 1.54) is 6.33 Å². The number of nitrogens with zero attached hydrogens (tertiary/aromatic N) is 7. The Hall–Kier alpha value is -3.33. The van der Waals surface area contributed by atoms with Gasteiger partial charge in [0.05, 0.1) is 13.1 Å². The average molecular weight is 397 g/mol. The van der Waals surface area contributed by atoms with Crippen LogP contribution in [0.25, 0.3) is 5.65 Å². The van der Waals surface area contributed by atoms with Gasteiger partial charge in [0.25, 0.3) is 0 Å². The molecule has 1 N–H and O–H groups in total. The van der Waals surface area contributed by atoms with Crippen LogP contribution in [0.1, 0.15) is 23.7 Å². The predicted octanol–water partition coefficient (Wildman–Crippen LogP) is 1.86. The topological polar surface area (TPSA) is 103 Å². The second kappa shape index (κ2) is 8.13. The van der Waals surface area contributed by atoms with Crippen LogP contribution in [0.4, 0.5) is 0 Å². The van der Waals surface area contributed by atoms with Gasteiger partial charge in [-0.2, -0.15) is 0 Å². The first-order valence-electron chi connectivity index (χ1n) is 8.70. The zero-order valence-corrected chi connectivity index (χ0v) is 15.6. The molecule has 4 rings (SSSR count). The number of halogens is 1. The fourth-order valence-electron chi connectivity index (χ4n) is 3.00. The monoisotopic (exact) mass is 396 g/mol. The molecule has 3 aromatic heterocycles. The molecule has 1 aromatic carbocycles. The molecule has 9 nitrogen and oxygen atoms in total. The Labute approximate surface area is 165 Å². The van der Waals surface area contributed by atoms with Gasteiger partial charge in [0.2, 0.25) is 5.91 Å². The van der Waals surface area contributed by atoms with E-state index < -0.39 is 0 Å². The molecule has 1 unspecified atom stereocenters. The van der Waals surface area contributed by atoms with Crippen LogP contribution in [-0.2, 0) is 17.9 Å². The second-order valence-corrected chi connectivity index (χ2v) is 6.74. The van der Waals surface area contributed by atoms with Crippen molar-refractivity contribution in [3.63, 3.8) is 0 Å². The number of aromatic nitrogens is 7. The maximum Gasteiger partial charge on any atom is 0.221 e. The fourth-order valence-corrected chi connectivity index (χ4v) is 3.12. The molecule has 0 aliphatic heterocycles. The number of pyridine rings is 1. The van der Waals surface area contributed by atoms with E-state index in [4.69, 9.17) is 11.6 Å². The summed E-state index contributed by atoms with van der Waals surface area (Å²) in [5.41, 5.74) is 1.73. The largest absolute Gasteiger partial charge is 0.349 e. The summed E-state index contributed by atoms with van der Waals surface area (Å²) in [6.07, 6.45) is 3.67. The third-order valence-electron chi connectivity index (χ3n) is 4.40. The Morgan fingerprint density at radius 1 is 1.14 bits per heavy atom. The van der Waals surface area contributed by atoms with Crippen LogP contribution in [0.3, 0.4) is 0 Å². The molecule has 28 heavy (non-hydrogen) atoms. The van der Waals surface area contributed by atoms with Crippen LogP contribution in [0.15, 0.2) is 55.0 Å². The first kappa shape index (κ1) is 18.1. The third-order valence-corrected chi connectivity index (χ3v) is 4.65. The molecule has 4 aromatic rings. The first-order valence-corrected chi connectivity index (χ1v) is 9.08. The van der Waals surface area contributed by atoms with E-state index in [2.05, 4.69) is 31.0 Å². The number of benzene rings is 1. The number of tetrazole rings is 1. The zero-order valence-electron chi connectivity index (χ0n) is 14.8. The lowest BCUT2D eigenvalue weighted by atomic mass is 9.95. The minimum absolute atomic E-state index is 0.0966. The van der Waals surface area contributed by atoms with Gasteiger partial charge in [-0.1, -0.05) is 29.8 Å². The number of nitrogens with one attached hydrogen (secondary N) is 1. The standard InChI is InChI=1S/C18H17ClN8O/c19-15-6-4-13(5-7-15)14(11-26-12-21-24-25-26)9-18(28)20-10-17-23-22-16-3-1-2-8-27(16)17/h1-8,12,14H,9-11H2,(H,20,28). The van der Waals surface area contributed by atoms with E-state index in [0.29, 0.717) is 23.9 Å². The summed E-state index contributed by atoms with van der Waals surface area (Å²) in [7, 11) is 0. The number of carbonyl (C=O) groups is 1. The molecule has 142 valence electrons. The highest BCUT2D eigenvalue weighted by Crippen LogP contribution is 2.23. The Bertz CT molecular complexity index is 1060. The molecular formula is C18H17ClN8O. The van der Waals surface area contributed by atoms with Gasteiger partial charge < -0.3 is 5.32 Å². The minimum Gasteiger partial charge on any atom is -0.349 e. The number of amides is 1. The van der Waals surface area contributed by atoms with Crippen LogP contribution in [-0.4, -0.2) is 40.7 Å². The molecule has 1 amide bonds. The van der Waals surface area contributed by atoms with E-state index >= 15 is 0 Å². The van der Waals surface area contributed by atoms with Gasteiger partial charge in [0.15, 0.2) is 11.5 Å². The molecule has 1 atom stereocenters. The number of carbonyl (C=O) groups excluding carboxylic acids is 1. The van der Waals surface area contributed by atoms with Crippen molar-refractivity contribution in [2.24, 2.45) is 0 Å². The van der Waals surface area contributed by atoms with E-state index in [9.17, 15) is 4.79 Å². The predicted molar refractivity (Wildman–Crippen MR) is 101 cm³/mol. The van der Waals surface area contributed by atoms with Crippen molar-refractivity contribution in [2.75, 3.05) is 0 Å². The lowest BCUT2D eigenvalue weighted by molar-refractivity contribution is -0.121. The zero-order chi connectivity index (χ0) is 19.3. The summed E-state index contributed by atoms with van der Waals surface area (Å²) < 4.78 is 3.45. The number of hydrogen-bond acceptors (Lipinski definition) is 6. The van der Waals surface area contributed by atoms with Crippen LogP contribution in [0, 0.1) is 0 Å². The lowest BCUT2D eigenvalue weighted by Gasteiger charge is -2.17. The SMILES string of the molecule is O=C(CC(Cn1cnnn1)c1ccc(Cl)cc1)NCc1nnc2ccccn12. The number of hydrogen-bond donors (Lipinski definition) is 1. The van der Waals surface area contributed by atoms with Crippen molar-refractivity contribution >= 4 is 23.2 Å². The van der Waals surface area contributed by atoms with Crippen LogP contribution in [0.5, 0.6) is 0 Å². The maximum atomic E-state index is 12.6. The number of fused-ring (bicyclic) bond motifs is 1. The van der Waals surface area contributed by atoms with Crippen molar-refractivity contribution in [1.29, 1.82) is 0 Å². The third kappa shape index (κ3) is 4.15. The molecule has 0 radical (unpaired) electrons. The summed E-state index contributed by atoms with van der Waals surface area (Å²) in [4.78, 5) is 12.6. The minimum atomic E-state index is -0.101. The molecule has 0 saturated heterocycles. The Kier molecular flexibility index (Phi) is 5.24. The average Bonchev–Trinajstić information content (AvgIpc) is 3.36. The Morgan fingerprint density at radius 2 is 2.00 bits per heavy atom. The van der Waals surface area contributed by atoms with Gasteiger partial charge in [0, 0.05) is 23.6 Å². The molecule has 3 heterocycles. The van der Waals surface area contributed by atoms with Crippen molar-refractivity contribution in [3.05, 3.63) is 71.4 Å². The summed E-state index contributed by atoms with van der Waals surface area (Å²) in [6.45, 7) is 0.776. The van der Waals surface area contributed by atoms with Crippen molar-refractivity contribution in [1.82, 2.24) is 40.1 Å². The first-order chi connectivity index (χ1) is 13.7. The van der Waals surface area contributed by atoms with Gasteiger partial charge in [-0.15, -0.1) is 15.3 Å². The number of rotatable bonds is 7. The molecular weight excluding hydrogens is 380 g/mol. The van der Waals surface area contributed by atoms with E-state index in [1.807, 2.05) is 53.1 Å². The summed E-state index contributed by atoms with van der Waals surface area (Å²) >= 11 is 5.99. The highest BCUT2D eigenvalue weighted by Gasteiger charge is 2.18. The molecule has 0 spiro atoms. The molecule has 0 aliphatic carbocycles. The summed E-state index contributed by atoms with van der Waals surface area (Å²) in [5, 5.41) is 23.0. The van der Waals surface area contributed by atoms with Gasteiger partial charge >= 0.3 is 0 Å². The summed E-state index contributed by atoms with van der Waals surface area (Å²) in [5.74, 6) is 0.476.